The van der Waals surface area contributed by atoms with Crippen LogP contribution in [0.25, 0.3) is 22.4 Å². The van der Waals surface area contributed by atoms with Crippen LogP contribution in [-0.4, -0.2) is 70.3 Å². The normalized spacial score (nSPS) is 24.2. The fraction of sp³-hybridized carbons (Fsp3) is 0.560. The summed E-state index contributed by atoms with van der Waals surface area (Å²) >= 11 is 0. The maximum absolute atomic E-state index is 13.9. The predicted molar refractivity (Wildman–Crippen MR) is 124 cm³/mol. The lowest BCUT2D eigenvalue weighted by atomic mass is 10.0. The molecule has 0 aliphatic carbocycles. The highest BCUT2D eigenvalue weighted by atomic mass is 16.5. The third-order valence-corrected chi connectivity index (χ3v) is 6.77. The number of aromatic nitrogens is 2. The number of hydrogen-bond acceptors (Lipinski definition) is 7. The number of likely N-dealkylation sites (tertiary alicyclic amines) is 1. The summed E-state index contributed by atoms with van der Waals surface area (Å²) in [4.78, 5) is 23.1. The van der Waals surface area contributed by atoms with Crippen LogP contribution < -0.4 is 0 Å². The maximum Gasteiger partial charge on any atom is 0.259 e. The summed E-state index contributed by atoms with van der Waals surface area (Å²) < 4.78 is 17.1. The van der Waals surface area contributed by atoms with Gasteiger partial charge in [0.1, 0.15) is 11.5 Å². The van der Waals surface area contributed by atoms with E-state index in [0.29, 0.717) is 28.1 Å². The summed E-state index contributed by atoms with van der Waals surface area (Å²) in [5.74, 6) is 1.59. The van der Waals surface area contributed by atoms with E-state index in [2.05, 4.69) is 28.9 Å². The number of carbonyl (C=O) groups is 1. The zero-order valence-corrected chi connectivity index (χ0v) is 20.1. The van der Waals surface area contributed by atoms with Crippen LogP contribution in [0.15, 0.2) is 21.1 Å². The van der Waals surface area contributed by atoms with Crippen LogP contribution in [0, 0.1) is 20.8 Å². The minimum atomic E-state index is 0.0182. The van der Waals surface area contributed by atoms with Crippen LogP contribution >= 0.6 is 0 Å². The van der Waals surface area contributed by atoms with Gasteiger partial charge in [0.15, 0.2) is 0 Å². The van der Waals surface area contributed by atoms with Crippen LogP contribution in [0.3, 0.4) is 0 Å². The Morgan fingerprint density at radius 3 is 2.61 bits per heavy atom. The molecule has 5 heterocycles. The van der Waals surface area contributed by atoms with Gasteiger partial charge in [-0.2, -0.15) is 0 Å². The fourth-order valence-corrected chi connectivity index (χ4v) is 5.47. The van der Waals surface area contributed by atoms with E-state index in [-0.39, 0.29) is 24.2 Å². The lowest BCUT2D eigenvalue weighted by molar-refractivity contribution is -0.0715. The molecular weight excluding hydrogens is 420 g/mol. The van der Waals surface area contributed by atoms with Crippen molar-refractivity contribution in [1.82, 2.24) is 19.9 Å². The van der Waals surface area contributed by atoms with Gasteiger partial charge < -0.3 is 18.6 Å². The zero-order valence-electron chi connectivity index (χ0n) is 20.1. The van der Waals surface area contributed by atoms with Crippen molar-refractivity contribution in [2.45, 2.75) is 65.7 Å². The summed E-state index contributed by atoms with van der Waals surface area (Å²) in [6.07, 6.45) is 2.44. The molecule has 5 rings (SSSR count). The van der Waals surface area contributed by atoms with Crippen LogP contribution in [0.5, 0.6) is 0 Å². The summed E-state index contributed by atoms with van der Waals surface area (Å²) in [6.45, 7) is 13.3. The molecule has 33 heavy (non-hydrogen) atoms. The minimum absolute atomic E-state index is 0.0182. The monoisotopic (exact) mass is 452 g/mol. The second-order valence-corrected chi connectivity index (χ2v) is 9.60. The summed E-state index contributed by atoms with van der Waals surface area (Å²) in [5, 5.41) is 4.80. The van der Waals surface area contributed by atoms with E-state index in [9.17, 15) is 4.79 Å². The first-order valence-corrected chi connectivity index (χ1v) is 11.8. The average Bonchev–Trinajstić information content (AvgIpc) is 3.45. The Hall–Kier alpha value is -2.71. The lowest BCUT2D eigenvalue weighted by Crippen LogP contribution is -2.51. The minimum Gasteiger partial charge on any atom is -0.466 e. The Morgan fingerprint density at radius 1 is 1.15 bits per heavy atom. The molecule has 176 valence electrons. The van der Waals surface area contributed by atoms with Gasteiger partial charge in [0.25, 0.3) is 11.6 Å². The molecule has 3 unspecified atom stereocenters. The van der Waals surface area contributed by atoms with Crippen molar-refractivity contribution < 1.29 is 18.5 Å². The molecule has 0 spiro atoms. The number of rotatable bonds is 4. The third-order valence-electron chi connectivity index (χ3n) is 6.77. The molecule has 2 fully saturated rings. The van der Waals surface area contributed by atoms with E-state index in [1.165, 1.54) is 0 Å². The molecular formula is C25H32N4O4. The zero-order chi connectivity index (χ0) is 23.3. The Bertz CT molecular complexity index is 1170. The predicted octanol–water partition coefficient (Wildman–Crippen LogP) is 4.12. The number of furan rings is 1. The number of carbonyl (C=O) groups excluding carboxylic acids is 1. The Labute approximate surface area is 193 Å². The molecule has 0 radical (unpaired) electrons. The number of amides is 1. The van der Waals surface area contributed by atoms with Crippen molar-refractivity contribution in [3.63, 3.8) is 0 Å². The molecule has 2 saturated heterocycles. The second kappa shape index (κ2) is 8.57. The quantitative estimate of drug-likeness (QED) is 0.589. The van der Waals surface area contributed by atoms with Crippen molar-refractivity contribution in [2.75, 3.05) is 26.2 Å². The van der Waals surface area contributed by atoms with Gasteiger partial charge in [-0.05, 0) is 59.6 Å². The molecule has 3 atom stereocenters. The molecule has 3 aromatic heterocycles. The summed E-state index contributed by atoms with van der Waals surface area (Å²) in [5.41, 5.74) is 3.20. The Balaban J connectivity index is 1.48. The van der Waals surface area contributed by atoms with Gasteiger partial charge in [0.05, 0.1) is 34.5 Å². The van der Waals surface area contributed by atoms with E-state index < -0.39 is 0 Å². The largest absolute Gasteiger partial charge is 0.466 e. The number of morpholine rings is 1. The molecule has 0 aromatic carbocycles. The first-order chi connectivity index (χ1) is 15.8. The Kier molecular flexibility index (Phi) is 5.74. The van der Waals surface area contributed by atoms with Crippen molar-refractivity contribution in [3.8, 4) is 11.3 Å². The number of pyridine rings is 1. The first-order valence-electron chi connectivity index (χ1n) is 11.8. The molecule has 0 saturated carbocycles. The van der Waals surface area contributed by atoms with Crippen LogP contribution in [0.4, 0.5) is 0 Å². The smallest absolute Gasteiger partial charge is 0.259 e. The van der Waals surface area contributed by atoms with E-state index in [4.69, 9.17) is 13.7 Å². The molecule has 8 nitrogen and oxygen atoms in total. The van der Waals surface area contributed by atoms with Crippen molar-refractivity contribution in [2.24, 2.45) is 0 Å². The van der Waals surface area contributed by atoms with Gasteiger partial charge in [0, 0.05) is 37.8 Å². The molecule has 2 aliphatic rings. The highest BCUT2D eigenvalue weighted by Crippen LogP contribution is 2.32. The number of aryl methyl sites for hydroxylation is 3. The standard InChI is InChI=1S/C25H32N4O4/c1-14-9-20(18(5)32-14)22-10-21(23-17(4)27-33-24(23)26-22)25(30)29-8-6-7-19(29)13-28-11-15(2)31-16(3)12-28/h9-10,15-16,19H,6-8,11-13H2,1-5H3. The third kappa shape index (κ3) is 4.17. The maximum atomic E-state index is 13.9. The number of nitrogens with zero attached hydrogens (tertiary/aromatic N) is 4. The van der Waals surface area contributed by atoms with Crippen molar-refractivity contribution in [3.05, 3.63) is 34.9 Å². The molecule has 2 aliphatic heterocycles. The van der Waals surface area contributed by atoms with Gasteiger partial charge >= 0.3 is 0 Å². The number of fused-ring (bicyclic) bond motifs is 1. The van der Waals surface area contributed by atoms with Crippen LogP contribution in [0.1, 0.15) is 54.3 Å². The van der Waals surface area contributed by atoms with E-state index in [1.807, 2.05) is 37.8 Å². The Morgan fingerprint density at radius 2 is 1.91 bits per heavy atom. The highest BCUT2D eigenvalue weighted by Gasteiger charge is 2.34. The second-order valence-electron chi connectivity index (χ2n) is 9.60. The van der Waals surface area contributed by atoms with E-state index in [1.54, 1.807) is 0 Å². The van der Waals surface area contributed by atoms with E-state index in [0.717, 1.165) is 56.1 Å². The van der Waals surface area contributed by atoms with Crippen LogP contribution in [0.2, 0.25) is 0 Å². The molecule has 8 heteroatoms. The topological polar surface area (TPSA) is 84.8 Å². The van der Waals surface area contributed by atoms with Gasteiger partial charge in [0.2, 0.25) is 0 Å². The SMILES string of the molecule is Cc1cc(-c2cc(C(=O)N3CCCC3CN3CC(C)OC(C)C3)c3c(C)noc3n2)c(C)o1. The number of hydrogen-bond donors (Lipinski definition) is 0. The molecule has 3 aromatic rings. The fourth-order valence-electron chi connectivity index (χ4n) is 5.47. The first kappa shape index (κ1) is 22.1. The van der Waals surface area contributed by atoms with Gasteiger partial charge in [-0.3, -0.25) is 9.69 Å². The molecule has 0 bridgehead atoms. The molecule has 0 N–H and O–H groups in total. The van der Waals surface area contributed by atoms with Crippen molar-refractivity contribution >= 4 is 17.0 Å². The van der Waals surface area contributed by atoms with E-state index >= 15 is 0 Å². The van der Waals surface area contributed by atoms with Gasteiger partial charge in [-0.25, -0.2) is 4.98 Å². The van der Waals surface area contributed by atoms with Crippen molar-refractivity contribution in [1.29, 1.82) is 0 Å². The average molecular weight is 453 g/mol. The summed E-state index contributed by atoms with van der Waals surface area (Å²) in [7, 11) is 0. The molecule has 1 amide bonds. The summed E-state index contributed by atoms with van der Waals surface area (Å²) in [6, 6.07) is 4.00. The lowest BCUT2D eigenvalue weighted by Gasteiger charge is -2.38. The van der Waals surface area contributed by atoms with Crippen LogP contribution in [-0.2, 0) is 4.74 Å². The van der Waals surface area contributed by atoms with Gasteiger partial charge in [-0.1, -0.05) is 5.16 Å². The van der Waals surface area contributed by atoms with Gasteiger partial charge in [-0.15, -0.1) is 0 Å². The highest BCUT2D eigenvalue weighted by molar-refractivity contribution is 6.07. The number of ether oxygens (including phenoxy) is 1.